The molecule has 0 radical (unpaired) electrons. The molecule has 18 heavy (non-hydrogen) atoms. The van der Waals surface area contributed by atoms with E-state index >= 15 is 0 Å². The topological polar surface area (TPSA) is 40.9 Å². The van der Waals surface area contributed by atoms with E-state index in [9.17, 15) is 9.18 Å². The number of nitrogens with zero attached hydrogens (tertiary/aromatic N) is 1. The Bertz CT molecular complexity index is 472. The van der Waals surface area contributed by atoms with Gasteiger partial charge in [0.15, 0.2) is 5.78 Å². The van der Waals surface area contributed by atoms with Gasteiger partial charge in [0, 0.05) is 11.5 Å². The number of hydrogen-bond acceptors (Lipinski definition) is 2. The summed E-state index contributed by atoms with van der Waals surface area (Å²) in [5.41, 5.74) is 0.218. The van der Waals surface area contributed by atoms with Crippen molar-refractivity contribution in [1.82, 2.24) is 0 Å². The van der Waals surface area contributed by atoms with Crippen LogP contribution in [0.5, 0.6) is 0 Å². The Morgan fingerprint density at radius 2 is 1.94 bits per heavy atom. The molecule has 1 fully saturated rings. The van der Waals surface area contributed by atoms with Gasteiger partial charge in [-0.1, -0.05) is 37.5 Å². The van der Waals surface area contributed by atoms with Crippen molar-refractivity contribution >= 4 is 5.78 Å². The van der Waals surface area contributed by atoms with Crippen LogP contribution in [0.1, 0.15) is 43.6 Å². The van der Waals surface area contributed by atoms with Gasteiger partial charge in [0.05, 0.1) is 6.07 Å². The summed E-state index contributed by atoms with van der Waals surface area (Å²) in [7, 11) is 0. The number of hydrogen-bond donors (Lipinski definition) is 0. The lowest BCUT2D eigenvalue weighted by Crippen LogP contribution is -2.24. The lowest BCUT2D eigenvalue weighted by atomic mass is 9.80. The van der Waals surface area contributed by atoms with Gasteiger partial charge in [-0.05, 0) is 18.9 Å². The van der Waals surface area contributed by atoms with Crippen molar-refractivity contribution in [3.05, 3.63) is 35.6 Å². The second kappa shape index (κ2) is 5.77. The highest BCUT2D eigenvalue weighted by atomic mass is 19.1. The number of Topliss-reactive ketones (excluding diaryl/α,β-unsaturated/α-hetero) is 1. The van der Waals surface area contributed by atoms with Crippen LogP contribution >= 0.6 is 0 Å². The predicted molar refractivity (Wildman–Crippen MR) is 66.3 cm³/mol. The molecule has 1 aliphatic carbocycles. The fourth-order valence-electron chi connectivity index (χ4n) is 2.62. The first-order valence-electron chi connectivity index (χ1n) is 6.42. The molecule has 1 aromatic carbocycles. The first kappa shape index (κ1) is 12.8. The maximum Gasteiger partial charge on any atom is 0.157 e. The maximum absolute atomic E-state index is 13.7. The fourth-order valence-corrected chi connectivity index (χ4v) is 2.62. The molecule has 3 heteroatoms. The lowest BCUT2D eigenvalue weighted by molar-refractivity contribution is -0.124. The Kier molecular flexibility index (Phi) is 4.09. The number of carbonyl (C=O) groups is 1. The summed E-state index contributed by atoms with van der Waals surface area (Å²) in [5, 5.41) is 9.17. The van der Waals surface area contributed by atoms with E-state index in [-0.39, 0.29) is 17.3 Å². The van der Waals surface area contributed by atoms with Crippen molar-refractivity contribution in [1.29, 1.82) is 5.26 Å². The van der Waals surface area contributed by atoms with Gasteiger partial charge in [-0.25, -0.2) is 4.39 Å². The van der Waals surface area contributed by atoms with Crippen molar-refractivity contribution in [2.45, 2.75) is 38.0 Å². The van der Waals surface area contributed by atoms with Crippen LogP contribution in [0.15, 0.2) is 24.3 Å². The Labute approximate surface area is 106 Å². The third kappa shape index (κ3) is 2.59. The van der Waals surface area contributed by atoms with E-state index in [0.29, 0.717) is 0 Å². The van der Waals surface area contributed by atoms with Gasteiger partial charge in [0.1, 0.15) is 11.7 Å². The maximum atomic E-state index is 13.7. The molecule has 1 unspecified atom stereocenters. The summed E-state index contributed by atoms with van der Waals surface area (Å²) >= 11 is 0. The van der Waals surface area contributed by atoms with Gasteiger partial charge in [-0.3, -0.25) is 4.79 Å². The molecule has 2 nitrogen and oxygen atoms in total. The molecule has 1 aliphatic rings. The minimum absolute atomic E-state index is 0.0667. The van der Waals surface area contributed by atoms with E-state index in [0.717, 1.165) is 32.1 Å². The standard InChI is InChI=1S/C15H16FNO/c16-14-9-5-4-8-12(14)13(10-17)15(18)11-6-2-1-3-7-11/h4-5,8-9,11,13H,1-3,6-7H2. The fraction of sp³-hybridized carbons (Fsp3) is 0.467. The molecule has 1 atom stereocenters. The molecule has 1 saturated carbocycles. The first-order chi connectivity index (χ1) is 8.74. The van der Waals surface area contributed by atoms with Gasteiger partial charge in [-0.15, -0.1) is 0 Å². The van der Waals surface area contributed by atoms with Gasteiger partial charge >= 0.3 is 0 Å². The van der Waals surface area contributed by atoms with E-state index in [2.05, 4.69) is 0 Å². The first-order valence-corrected chi connectivity index (χ1v) is 6.42. The highest BCUT2D eigenvalue weighted by molar-refractivity contribution is 5.90. The summed E-state index contributed by atoms with van der Waals surface area (Å²) in [4.78, 5) is 12.3. The highest BCUT2D eigenvalue weighted by Gasteiger charge is 2.30. The molecule has 0 spiro atoms. The monoisotopic (exact) mass is 245 g/mol. The Morgan fingerprint density at radius 1 is 1.28 bits per heavy atom. The zero-order valence-corrected chi connectivity index (χ0v) is 10.2. The second-order valence-electron chi connectivity index (χ2n) is 4.82. The number of halogens is 1. The molecule has 2 rings (SSSR count). The van der Waals surface area contributed by atoms with E-state index < -0.39 is 11.7 Å². The predicted octanol–water partition coefficient (Wildman–Crippen LogP) is 3.58. The second-order valence-corrected chi connectivity index (χ2v) is 4.82. The number of carbonyl (C=O) groups excluding carboxylic acids is 1. The van der Waals surface area contributed by atoms with Crippen LogP contribution in [-0.4, -0.2) is 5.78 Å². The Hall–Kier alpha value is -1.69. The molecule has 0 heterocycles. The quantitative estimate of drug-likeness (QED) is 0.816. The van der Waals surface area contributed by atoms with E-state index in [1.165, 1.54) is 12.1 Å². The highest BCUT2D eigenvalue weighted by Crippen LogP contribution is 2.30. The molecule has 94 valence electrons. The molecule has 0 amide bonds. The summed E-state index contributed by atoms with van der Waals surface area (Å²) in [6.07, 6.45) is 4.90. The molecular weight excluding hydrogens is 229 g/mol. The Balaban J connectivity index is 2.21. The van der Waals surface area contributed by atoms with Crippen LogP contribution in [0.4, 0.5) is 4.39 Å². The minimum atomic E-state index is -0.950. The van der Waals surface area contributed by atoms with Crippen LogP contribution in [0, 0.1) is 23.1 Å². The average Bonchev–Trinajstić information content (AvgIpc) is 2.42. The molecule has 0 saturated heterocycles. The van der Waals surface area contributed by atoms with E-state index in [1.54, 1.807) is 12.1 Å². The van der Waals surface area contributed by atoms with Gasteiger partial charge < -0.3 is 0 Å². The zero-order chi connectivity index (χ0) is 13.0. The average molecular weight is 245 g/mol. The molecular formula is C15H16FNO. The van der Waals surface area contributed by atoms with E-state index in [4.69, 9.17) is 5.26 Å². The SMILES string of the molecule is N#CC(C(=O)C1CCCCC1)c1ccccc1F. The smallest absolute Gasteiger partial charge is 0.157 e. The number of benzene rings is 1. The van der Waals surface area contributed by atoms with Crippen molar-refractivity contribution in [3.8, 4) is 6.07 Å². The van der Waals surface area contributed by atoms with Gasteiger partial charge in [-0.2, -0.15) is 5.26 Å². The molecule has 0 aromatic heterocycles. The van der Waals surface area contributed by atoms with Crippen LogP contribution < -0.4 is 0 Å². The molecule has 1 aromatic rings. The van der Waals surface area contributed by atoms with Crippen LogP contribution in [0.3, 0.4) is 0 Å². The number of ketones is 1. The molecule has 0 aliphatic heterocycles. The van der Waals surface area contributed by atoms with Gasteiger partial charge in [0.25, 0.3) is 0 Å². The van der Waals surface area contributed by atoms with Crippen molar-refractivity contribution in [3.63, 3.8) is 0 Å². The van der Waals surface area contributed by atoms with Crippen molar-refractivity contribution < 1.29 is 9.18 Å². The largest absolute Gasteiger partial charge is 0.298 e. The van der Waals surface area contributed by atoms with Crippen LogP contribution in [0.2, 0.25) is 0 Å². The third-order valence-electron chi connectivity index (χ3n) is 3.64. The van der Waals surface area contributed by atoms with Crippen molar-refractivity contribution in [2.75, 3.05) is 0 Å². The number of rotatable bonds is 3. The van der Waals surface area contributed by atoms with Crippen molar-refractivity contribution in [2.24, 2.45) is 5.92 Å². The van der Waals surface area contributed by atoms with Crippen LogP contribution in [-0.2, 0) is 4.79 Å². The zero-order valence-electron chi connectivity index (χ0n) is 10.2. The van der Waals surface area contributed by atoms with Crippen LogP contribution in [0.25, 0.3) is 0 Å². The minimum Gasteiger partial charge on any atom is -0.298 e. The summed E-state index contributed by atoms with van der Waals surface area (Å²) < 4.78 is 13.7. The summed E-state index contributed by atoms with van der Waals surface area (Å²) in [6.45, 7) is 0. The lowest BCUT2D eigenvalue weighted by Gasteiger charge is -2.22. The third-order valence-corrected chi connectivity index (χ3v) is 3.64. The Morgan fingerprint density at radius 3 is 2.56 bits per heavy atom. The summed E-state index contributed by atoms with van der Waals surface area (Å²) in [5.74, 6) is -1.59. The molecule has 0 bridgehead atoms. The summed E-state index contributed by atoms with van der Waals surface area (Å²) in [6, 6.07) is 8.03. The number of nitriles is 1. The van der Waals surface area contributed by atoms with Gasteiger partial charge in [0.2, 0.25) is 0 Å². The normalized spacial score (nSPS) is 18.0. The van der Waals surface area contributed by atoms with E-state index in [1.807, 2.05) is 6.07 Å². The molecule has 0 N–H and O–H groups in total.